The first-order valence-corrected chi connectivity index (χ1v) is 7.72. The first kappa shape index (κ1) is 17.2. The first-order valence-electron chi connectivity index (χ1n) is 7.72. The second-order valence-electron chi connectivity index (χ2n) is 5.40. The van der Waals surface area contributed by atoms with Gasteiger partial charge in [-0.05, 0) is 48.0 Å². The highest BCUT2D eigenvalue weighted by molar-refractivity contribution is 6.01. The molecule has 0 fully saturated rings. The smallest absolute Gasteiger partial charge is 0.248 e. The van der Waals surface area contributed by atoms with Crippen LogP contribution in [0.5, 0.6) is 11.5 Å². The minimum atomic E-state index is -0.337. The summed E-state index contributed by atoms with van der Waals surface area (Å²) in [4.78, 5) is 12.0. The Kier molecular flexibility index (Phi) is 4.98. The number of hydrogen-bond acceptors (Lipinski definition) is 4. The van der Waals surface area contributed by atoms with Crippen molar-refractivity contribution in [2.75, 3.05) is 12.4 Å². The minimum absolute atomic E-state index is 0.0299. The number of nitrogens with one attached hydrogen (secondary N) is 1. The predicted molar refractivity (Wildman–Crippen MR) is 95.8 cm³/mol. The molecule has 2 N–H and O–H groups in total. The number of amides is 1. The Bertz CT molecular complexity index is 949. The maximum atomic E-state index is 13.0. The molecule has 0 spiro atoms. The number of phenols is 1. The number of ether oxygens (including phenoxy) is 1. The van der Waals surface area contributed by atoms with Gasteiger partial charge in [0.15, 0.2) is 11.5 Å². The van der Waals surface area contributed by atoms with Gasteiger partial charge in [-0.25, -0.2) is 9.07 Å². The van der Waals surface area contributed by atoms with E-state index in [0.717, 1.165) is 0 Å². The lowest BCUT2D eigenvalue weighted by Gasteiger charge is -2.03. The van der Waals surface area contributed by atoms with Gasteiger partial charge in [0.05, 0.1) is 30.9 Å². The van der Waals surface area contributed by atoms with E-state index < -0.39 is 0 Å². The van der Waals surface area contributed by atoms with Gasteiger partial charge in [0.25, 0.3) is 0 Å². The molecule has 132 valence electrons. The van der Waals surface area contributed by atoms with Crippen molar-refractivity contribution in [1.82, 2.24) is 9.78 Å². The average molecular weight is 353 g/mol. The molecule has 3 rings (SSSR count). The molecule has 6 nitrogen and oxygen atoms in total. The number of methoxy groups -OCH3 is 1. The molecule has 0 aliphatic heterocycles. The van der Waals surface area contributed by atoms with Crippen LogP contribution < -0.4 is 10.1 Å². The molecule has 1 aromatic heterocycles. The summed E-state index contributed by atoms with van der Waals surface area (Å²) < 4.78 is 19.5. The molecule has 0 atom stereocenters. The summed E-state index contributed by atoms with van der Waals surface area (Å²) in [6.45, 7) is 0. The zero-order chi connectivity index (χ0) is 18.5. The number of aromatic nitrogens is 2. The van der Waals surface area contributed by atoms with Crippen LogP contribution >= 0.6 is 0 Å². The number of phenolic OH excluding ortho intramolecular Hbond substituents is 1. The second-order valence-corrected chi connectivity index (χ2v) is 5.40. The van der Waals surface area contributed by atoms with Crippen LogP contribution in [0.3, 0.4) is 0 Å². The monoisotopic (exact) mass is 353 g/mol. The fourth-order valence-electron chi connectivity index (χ4n) is 2.28. The molecule has 0 saturated heterocycles. The van der Waals surface area contributed by atoms with E-state index in [1.165, 1.54) is 42.3 Å². The molecule has 0 radical (unpaired) electrons. The van der Waals surface area contributed by atoms with E-state index in [2.05, 4.69) is 10.4 Å². The average Bonchev–Trinajstić information content (AvgIpc) is 3.10. The van der Waals surface area contributed by atoms with E-state index >= 15 is 0 Å². The van der Waals surface area contributed by atoms with E-state index in [1.54, 1.807) is 36.5 Å². The number of carbonyl (C=O) groups is 1. The molecule has 26 heavy (non-hydrogen) atoms. The molecule has 0 aliphatic rings. The maximum absolute atomic E-state index is 13.0. The van der Waals surface area contributed by atoms with Crippen molar-refractivity contribution >= 4 is 17.7 Å². The number of halogens is 1. The molecule has 7 heteroatoms. The van der Waals surface area contributed by atoms with Gasteiger partial charge in [0.1, 0.15) is 5.82 Å². The molecule has 1 amide bonds. The van der Waals surface area contributed by atoms with Crippen LogP contribution in [-0.4, -0.2) is 27.9 Å². The zero-order valence-corrected chi connectivity index (χ0v) is 13.9. The molecule has 0 saturated carbocycles. The molecule has 2 aromatic carbocycles. The van der Waals surface area contributed by atoms with E-state index in [4.69, 9.17) is 4.74 Å². The lowest BCUT2D eigenvalue weighted by Crippen LogP contribution is -2.06. The predicted octanol–water partition coefficient (Wildman–Crippen LogP) is 3.38. The Hall–Kier alpha value is -3.61. The third-order valence-corrected chi connectivity index (χ3v) is 3.57. The Morgan fingerprint density at radius 1 is 1.27 bits per heavy atom. The van der Waals surface area contributed by atoms with E-state index in [-0.39, 0.29) is 17.5 Å². The molecular formula is C19H16FN3O3. The highest BCUT2D eigenvalue weighted by Crippen LogP contribution is 2.26. The highest BCUT2D eigenvalue weighted by Gasteiger charge is 2.05. The lowest BCUT2D eigenvalue weighted by atomic mass is 10.2. The van der Waals surface area contributed by atoms with Crippen LogP contribution in [0.1, 0.15) is 5.56 Å². The van der Waals surface area contributed by atoms with Crippen molar-refractivity contribution in [2.45, 2.75) is 0 Å². The molecular weight excluding hydrogens is 337 g/mol. The normalized spacial score (nSPS) is 10.8. The number of benzene rings is 2. The topological polar surface area (TPSA) is 76.4 Å². The largest absolute Gasteiger partial charge is 0.504 e. The molecule has 0 unspecified atom stereocenters. The summed E-state index contributed by atoms with van der Waals surface area (Å²) in [6, 6.07) is 10.6. The number of anilines is 1. The van der Waals surface area contributed by atoms with Crippen molar-refractivity contribution in [3.8, 4) is 17.2 Å². The third-order valence-electron chi connectivity index (χ3n) is 3.57. The van der Waals surface area contributed by atoms with Crippen LogP contribution in [0.4, 0.5) is 10.1 Å². The van der Waals surface area contributed by atoms with E-state index in [0.29, 0.717) is 22.7 Å². The van der Waals surface area contributed by atoms with Crippen molar-refractivity contribution in [1.29, 1.82) is 0 Å². The van der Waals surface area contributed by atoms with E-state index in [1.807, 2.05) is 0 Å². The fourth-order valence-corrected chi connectivity index (χ4v) is 2.28. The highest BCUT2D eigenvalue weighted by atomic mass is 19.1. The Labute approximate surface area is 149 Å². The maximum Gasteiger partial charge on any atom is 0.248 e. The minimum Gasteiger partial charge on any atom is -0.504 e. The summed E-state index contributed by atoms with van der Waals surface area (Å²) in [7, 11) is 1.45. The number of nitrogens with zero attached hydrogens (tertiary/aromatic N) is 2. The lowest BCUT2D eigenvalue weighted by molar-refractivity contribution is -0.111. The van der Waals surface area contributed by atoms with Gasteiger partial charge in [-0.15, -0.1) is 0 Å². The Morgan fingerprint density at radius 2 is 2.04 bits per heavy atom. The fraction of sp³-hybridized carbons (Fsp3) is 0.0526. The van der Waals surface area contributed by atoms with Gasteiger partial charge in [-0.2, -0.15) is 5.10 Å². The van der Waals surface area contributed by atoms with Crippen LogP contribution in [0.2, 0.25) is 0 Å². The van der Waals surface area contributed by atoms with Crippen LogP contribution in [0.25, 0.3) is 11.8 Å². The van der Waals surface area contributed by atoms with Crippen molar-refractivity contribution < 1.29 is 19.0 Å². The van der Waals surface area contributed by atoms with Gasteiger partial charge in [0, 0.05) is 6.08 Å². The van der Waals surface area contributed by atoms with Gasteiger partial charge in [-0.1, -0.05) is 6.07 Å². The standard InChI is InChI=1S/C19H16FN3O3/c1-26-18-10-13(2-8-17(18)24)3-9-19(25)22-15-11-21-23(12-15)16-6-4-14(20)5-7-16/h2-12,24H,1H3,(H,22,25)/b9-3+. The van der Waals surface area contributed by atoms with Crippen molar-refractivity contribution in [2.24, 2.45) is 0 Å². The molecule has 0 bridgehead atoms. The number of aromatic hydroxyl groups is 1. The molecule has 3 aromatic rings. The number of rotatable bonds is 5. The van der Waals surface area contributed by atoms with Gasteiger partial charge >= 0.3 is 0 Å². The van der Waals surface area contributed by atoms with Crippen LogP contribution in [0, 0.1) is 5.82 Å². The number of carbonyl (C=O) groups excluding carboxylic acids is 1. The number of hydrogen-bond donors (Lipinski definition) is 2. The third kappa shape index (κ3) is 4.07. The molecule has 0 aliphatic carbocycles. The van der Waals surface area contributed by atoms with Gasteiger partial charge < -0.3 is 15.2 Å². The van der Waals surface area contributed by atoms with Crippen LogP contribution in [-0.2, 0) is 4.79 Å². The summed E-state index contributed by atoms with van der Waals surface area (Å²) >= 11 is 0. The van der Waals surface area contributed by atoms with E-state index in [9.17, 15) is 14.3 Å². The first-order chi connectivity index (χ1) is 12.5. The second kappa shape index (κ2) is 7.52. The summed E-state index contributed by atoms with van der Waals surface area (Å²) in [6.07, 6.45) is 6.09. The molecule has 1 heterocycles. The quantitative estimate of drug-likeness (QED) is 0.690. The van der Waals surface area contributed by atoms with Crippen LogP contribution in [0.15, 0.2) is 60.9 Å². The summed E-state index contributed by atoms with van der Waals surface area (Å²) in [5, 5.41) is 16.4. The zero-order valence-electron chi connectivity index (χ0n) is 13.9. The summed E-state index contributed by atoms with van der Waals surface area (Å²) in [5.74, 6) is -0.309. The summed E-state index contributed by atoms with van der Waals surface area (Å²) in [5.41, 5.74) is 1.89. The van der Waals surface area contributed by atoms with Crippen molar-refractivity contribution in [3.63, 3.8) is 0 Å². The van der Waals surface area contributed by atoms with Gasteiger partial charge in [-0.3, -0.25) is 4.79 Å². The van der Waals surface area contributed by atoms with Crippen molar-refractivity contribution in [3.05, 3.63) is 72.3 Å². The Balaban J connectivity index is 1.66. The van der Waals surface area contributed by atoms with Gasteiger partial charge in [0.2, 0.25) is 5.91 Å². The SMILES string of the molecule is COc1cc(/C=C/C(=O)Nc2cnn(-c3ccc(F)cc3)c2)ccc1O. The Morgan fingerprint density at radius 3 is 2.77 bits per heavy atom.